The van der Waals surface area contributed by atoms with E-state index in [1.165, 1.54) is 0 Å². The average molecular weight is 241 g/mol. The van der Waals surface area contributed by atoms with Gasteiger partial charge in [0.2, 0.25) is 0 Å². The van der Waals surface area contributed by atoms with E-state index in [-0.39, 0.29) is 5.91 Å². The van der Waals surface area contributed by atoms with Crippen molar-refractivity contribution in [2.24, 2.45) is 0 Å². The first-order valence-electron chi connectivity index (χ1n) is 5.10. The molecule has 0 spiro atoms. The summed E-state index contributed by atoms with van der Waals surface area (Å²) < 4.78 is 0. The third kappa shape index (κ3) is 2.13. The zero-order valence-electron chi connectivity index (χ0n) is 8.69. The molecule has 1 saturated heterocycles. The van der Waals surface area contributed by atoms with E-state index in [4.69, 9.17) is 17.3 Å². The highest BCUT2D eigenvalue weighted by atomic mass is 35.5. The third-order valence-electron chi connectivity index (χ3n) is 2.70. The predicted molar refractivity (Wildman–Crippen MR) is 62.4 cm³/mol. The number of hydrogen-bond donors (Lipinski definition) is 2. The molecule has 1 unspecified atom stereocenters. The Morgan fingerprint density at radius 3 is 2.88 bits per heavy atom. The van der Waals surface area contributed by atoms with Crippen LogP contribution in [0.3, 0.4) is 0 Å². The fourth-order valence-corrected chi connectivity index (χ4v) is 1.95. The van der Waals surface area contributed by atoms with Crippen molar-refractivity contribution in [1.82, 2.24) is 4.90 Å². The summed E-state index contributed by atoms with van der Waals surface area (Å²) in [5.41, 5.74) is 6.53. The Morgan fingerprint density at radius 2 is 2.31 bits per heavy atom. The summed E-state index contributed by atoms with van der Waals surface area (Å²) in [4.78, 5) is 13.6. The van der Waals surface area contributed by atoms with Crippen molar-refractivity contribution in [3.63, 3.8) is 0 Å². The number of anilines is 1. The summed E-state index contributed by atoms with van der Waals surface area (Å²) in [7, 11) is 0. The average Bonchev–Trinajstić information content (AvgIpc) is 2.68. The highest BCUT2D eigenvalue weighted by Gasteiger charge is 2.25. The number of nitrogens with zero attached hydrogens (tertiary/aromatic N) is 1. The summed E-state index contributed by atoms with van der Waals surface area (Å²) in [6.07, 6.45) is 0.224. The van der Waals surface area contributed by atoms with E-state index in [0.29, 0.717) is 35.8 Å². The number of nitrogen functional groups attached to an aromatic ring is 1. The molecule has 4 nitrogen and oxygen atoms in total. The number of nitrogens with two attached hydrogens (primary N) is 1. The number of benzene rings is 1. The second-order valence-corrected chi connectivity index (χ2v) is 4.34. The maximum Gasteiger partial charge on any atom is 0.253 e. The summed E-state index contributed by atoms with van der Waals surface area (Å²) in [5.74, 6) is -0.113. The van der Waals surface area contributed by atoms with Gasteiger partial charge in [-0.1, -0.05) is 11.6 Å². The van der Waals surface area contributed by atoms with Crippen molar-refractivity contribution in [3.05, 3.63) is 28.8 Å². The Kier molecular flexibility index (Phi) is 3.03. The zero-order valence-corrected chi connectivity index (χ0v) is 9.44. The van der Waals surface area contributed by atoms with E-state index in [1.54, 1.807) is 23.1 Å². The van der Waals surface area contributed by atoms with Crippen molar-refractivity contribution < 1.29 is 9.90 Å². The standard InChI is InChI=1S/C11H13ClN2O2/c12-9-5-7(1-2-10(9)13)11(16)14-4-3-8(15)6-14/h1-2,5,8,15H,3-4,6,13H2. The smallest absolute Gasteiger partial charge is 0.253 e. The molecule has 1 aromatic rings. The van der Waals surface area contributed by atoms with Crippen LogP contribution >= 0.6 is 11.6 Å². The topological polar surface area (TPSA) is 66.6 Å². The summed E-state index contributed by atoms with van der Waals surface area (Å²) in [5, 5.41) is 9.73. The molecule has 1 amide bonds. The van der Waals surface area contributed by atoms with Crippen LogP contribution in [0.15, 0.2) is 18.2 Å². The zero-order chi connectivity index (χ0) is 11.7. The Morgan fingerprint density at radius 1 is 1.56 bits per heavy atom. The molecule has 3 N–H and O–H groups in total. The van der Waals surface area contributed by atoms with Crippen molar-refractivity contribution in [3.8, 4) is 0 Å². The number of amides is 1. The van der Waals surface area contributed by atoms with E-state index in [1.807, 2.05) is 0 Å². The van der Waals surface area contributed by atoms with E-state index < -0.39 is 6.10 Å². The summed E-state index contributed by atoms with van der Waals surface area (Å²) in [6.45, 7) is 0.975. The van der Waals surface area contributed by atoms with Crippen LogP contribution in [0.4, 0.5) is 5.69 Å². The molecule has 1 aliphatic heterocycles. The molecule has 5 heteroatoms. The monoisotopic (exact) mass is 240 g/mol. The van der Waals surface area contributed by atoms with Crippen LogP contribution in [0.1, 0.15) is 16.8 Å². The van der Waals surface area contributed by atoms with E-state index in [0.717, 1.165) is 0 Å². The predicted octanol–water partition coefficient (Wildman–Crippen LogP) is 1.13. The molecular weight excluding hydrogens is 228 g/mol. The molecule has 1 atom stereocenters. The van der Waals surface area contributed by atoms with Gasteiger partial charge in [-0.2, -0.15) is 0 Å². The lowest BCUT2D eigenvalue weighted by atomic mass is 10.2. The number of aliphatic hydroxyl groups excluding tert-OH is 1. The maximum absolute atomic E-state index is 12.0. The van der Waals surface area contributed by atoms with Gasteiger partial charge in [-0.25, -0.2) is 0 Å². The maximum atomic E-state index is 12.0. The highest BCUT2D eigenvalue weighted by molar-refractivity contribution is 6.33. The number of carbonyl (C=O) groups is 1. The second kappa shape index (κ2) is 4.31. The second-order valence-electron chi connectivity index (χ2n) is 3.93. The lowest BCUT2D eigenvalue weighted by Gasteiger charge is -2.15. The molecule has 0 aliphatic carbocycles. The van der Waals surface area contributed by atoms with Crippen LogP contribution in [0, 0.1) is 0 Å². The lowest BCUT2D eigenvalue weighted by molar-refractivity contribution is 0.0765. The van der Waals surface area contributed by atoms with Gasteiger partial charge in [0, 0.05) is 18.7 Å². The Hall–Kier alpha value is -1.26. The molecule has 0 bridgehead atoms. The van der Waals surface area contributed by atoms with Crippen LogP contribution in [0.2, 0.25) is 5.02 Å². The van der Waals surface area contributed by atoms with Gasteiger partial charge in [-0.15, -0.1) is 0 Å². The number of aliphatic hydroxyl groups is 1. The molecule has 0 radical (unpaired) electrons. The van der Waals surface area contributed by atoms with Gasteiger partial charge in [0.15, 0.2) is 0 Å². The largest absolute Gasteiger partial charge is 0.398 e. The molecule has 1 fully saturated rings. The van der Waals surface area contributed by atoms with E-state index in [9.17, 15) is 9.90 Å². The minimum atomic E-state index is -0.409. The SMILES string of the molecule is Nc1ccc(C(=O)N2CCC(O)C2)cc1Cl. The van der Waals surface area contributed by atoms with Crippen molar-refractivity contribution in [2.45, 2.75) is 12.5 Å². The number of likely N-dealkylation sites (tertiary alicyclic amines) is 1. The molecule has 0 aromatic heterocycles. The minimum absolute atomic E-state index is 0.113. The van der Waals surface area contributed by atoms with Gasteiger partial charge in [0.25, 0.3) is 5.91 Å². The minimum Gasteiger partial charge on any atom is -0.398 e. The van der Waals surface area contributed by atoms with Crippen LogP contribution < -0.4 is 5.73 Å². The van der Waals surface area contributed by atoms with Gasteiger partial charge in [0.05, 0.1) is 16.8 Å². The first-order chi connectivity index (χ1) is 7.58. The van der Waals surface area contributed by atoms with Gasteiger partial charge in [-0.05, 0) is 24.6 Å². The van der Waals surface area contributed by atoms with Crippen LogP contribution in [-0.2, 0) is 0 Å². The van der Waals surface area contributed by atoms with Crippen LogP contribution in [0.25, 0.3) is 0 Å². The molecule has 1 aromatic carbocycles. The Bertz CT molecular complexity index is 422. The van der Waals surface area contributed by atoms with Gasteiger partial charge in [-0.3, -0.25) is 4.79 Å². The van der Waals surface area contributed by atoms with Gasteiger partial charge in [0.1, 0.15) is 0 Å². The highest BCUT2D eigenvalue weighted by Crippen LogP contribution is 2.21. The Balaban J connectivity index is 2.18. The molecule has 86 valence electrons. The van der Waals surface area contributed by atoms with Gasteiger partial charge >= 0.3 is 0 Å². The third-order valence-corrected chi connectivity index (χ3v) is 3.03. The Labute approximate surface area is 98.6 Å². The lowest BCUT2D eigenvalue weighted by Crippen LogP contribution is -2.29. The van der Waals surface area contributed by atoms with Gasteiger partial charge < -0.3 is 15.7 Å². The number of β-amino-alcohol motifs (C(OH)–C–C–N with tert-alkyl or cyclic N) is 1. The molecular formula is C11H13ClN2O2. The fraction of sp³-hybridized carbons (Fsp3) is 0.364. The van der Waals surface area contributed by atoms with Crippen molar-refractivity contribution in [1.29, 1.82) is 0 Å². The van der Waals surface area contributed by atoms with E-state index in [2.05, 4.69) is 0 Å². The molecule has 2 rings (SSSR count). The number of rotatable bonds is 1. The normalized spacial score (nSPS) is 20.1. The number of hydrogen-bond acceptors (Lipinski definition) is 3. The van der Waals surface area contributed by atoms with Crippen molar-refractivity contribution >= 4 is 23.2 Å². The quantitative estimate of drug-likeness (QED) is 0.724. The first kappa shape index (κ1) is 11.2. The van der Waals surface area contributed by atoms with Crippen LogP contribution in [0.5, 0.6) is 0 Å². The molecule has 0 saturated carbocycles. The number of carbonyl (C=O) groups excluding carboxylic acids is 1. The molecule has 1 aliphatic rings. The fourth-order valence-electron chi connectivity index (χ4n) is 1.77. The molecule has 1 heterocycles. The number of halogens is 1. The van der Waals surface area contributed by atoms with Crippen molar-refractivity contribution in [2.75, 3.05) is 18.8 Å². The van der Waals surface area contributed by atoms with E-state index >= 15 is 0 Å². The van der Waals surface area contributed by atoms with Crippen LogP contribution in [-0.4, -0.2) is 35.1 Å². The first-order valence-corrected chi connectivity index (χ1v) is 5.48. The summed E-state index contributed by atoms with van der Waals surface area (Å²) in [6, 6.07) is 4.82. The summed E-state index contributed by atoms with van der Waals surface area (Å²) >= 11 is 5.85. The molecule has 16 heavy (non-hydrogen) atoms.